The van der Waals surface area contributed by atoms with Crippen molar-refractivity contribution >= 4 is 5.91 Å². The molecule has 1 atom stereocenters. The van der Waals surface area contributed by atoms with E-state index in [1.807, 2.05) is 24.1 Å². The van der Waals surface area contributed by atoms with Gasteiger partial charge in [0.1, 0.15) is 5.76 Å². The van der Waals surface area contributed by atoms with Gasteiger partial charge in [-0.05, 0) is 49.1 Å². The van der Waals surface area contributed by atoms with Crippen LogP contribution in [0.5, 0.6) is 0 Å². The van der Waals surface area contributed by atoms with Crippen molar-refractivity contribution < 1.29 is 14.3 Å². The van der Waals surface area contributed by atoms with Crippen molar-refractivity contribution in [2.24, 2.45) is 0 Å². The van der Waals surface area contributed by atoms with Gasteiger partial charge < -0.3 is 14.4 Å². The van der Waals surface area contributed by atoms with Crippen LogP contribution in [0.4, 0.5) is 0 Å². The average Bonchev–Trinajstić information content (AvgIpc) is 3.12. The van der Waals surface area contributed by atoms with Crippen LogP contribution in [0.2, 0.25) is 0 Å². The van der Waals surface area contributed by atoms with Gasteiger partial charge >= 0.3 is 0 Å². The lowest BCUT2D eigenvalue weighted by atomic mass is 9.90. The first kappa shape index (κ1) is 19.6. The third-order valence-electron chi connectivity index (χ3n) is 5.26. The van der Waals surface area contributed by atoms with Gasteiger partial charge in [-0.3, -0.25) is 9.69 Å². The monoisotopic (exact) mass is 370 g/mol. The van der Waals surface area contributed by atoms with Crippen LogP contribution in [0.15, 0.2) is 47.1 Å². The van der Waals surface area contributed by atoms with Gasteiger partial charge in [0.25, 0.3) is 5.91 Å². The van der Waals surface area contributed by atoms with E-state index in [9.17, 15) is 9.90 Å². The van der Waals surface area contributed by atoms with Crippen molar-refractivity contribution in [1.29, 1.82) is 0 Å². The zero-order valence-electron chi connectivity index (χ0n) is 16.5. The maximum Gasteiger partial charge on any atom is 0.256 e. The number of nitrogens with zero attached hydrogens (tertiary/aromatic N) is 2. The summed E-state index contributed by atoms with van der Waals surface area (Å²) < 4.78 is 5.36. The van der Waals surface area contributed by atoms with Crippen LogP contribution in [0.3, 0.4) is 0 Å². The summed E-state index contributed by atoms with van der Waals surface area (Å²) in [6, 6.07) is 12.2. The predicted octanol–water partition coefficient (Wildman–Crippen LogP) is 3.39. The van der Waals surface area contributed by atoms with Gasteiger partial charge in [-0.2, -0.15) is 0 Å². The van der Waals surface area contributed by atoms with E-state index in [1.54, 1.807) is 11.2 Å². The second kappa shape index (κ2) is 8.28. The summed E-state index contributed by atoms with van der Waals surface area (Å²) in [6.45, 7) is 6.44. The molecular formula is C22H30N2O3. The Hall–Kier alpha value is -2.11. The molecule has 5 nitrogen and oxygen atoms in total. The summed E-state index contributed by atoms with van der Waals surface area (Å²) in [6.07, 6.45) is 2.94. The molecule has 2 aromatic rings. The molecule has 3 rings (SSSR count). The summed E-state index contributed by atoms with van der Waals surface area (Å²) >= 11 is 0. The number of carbonyl (C=O) groups is 1. The highest BCUT2D eigenvalue weighted by Crippen LogP contribution is 2.26. The maximum atomic E-state index is 13.0. The van der Waals surface area contributed by atoms with Crippen LogP contribution < -0.4 is 0 Å². The Morgan fingerprint density at radius 2 is 2.00 bits per heavy atom. The van der Waals surface area contributed by atoms with Crippen molar-refractivity contribution in [3.63, 3.8) is 0 Å². The number of likely N-dealkylation sites (tertiary alicyclic amines) is 1. The minimum absolute atomic E-state index is 0.173. The molecule has 0 aliphatic carbocycles. The Labute approximate surface area is 161 Å². The number of furan rings is 1. The summed E-state index contributed by atoms with van der Waals surface area (Å²) in [5.41, 5.74) is 1.05. The van der Waals surface area contributed by atoms with E-state index in [-0.39, 0.29) is 5.91 Å². The van der Waals surface area contributed by atoms with E-state index in [1.165, 1.54) is 5.56 Å². The summed E-state index contributed by atoms with van der Waals surface area (Å²) in [5.74, 6) is 1.14. The third kappa shape index (κ3) is 4.79. The van der Waals surface area contributed by atoms with E-state index < -0.39 is 5.60 Å². The number of rotatable bonds is 7. The Kier molecular flexibility index (Phi) is 6.02. The van der Waals surface area contributed by atoms with Gasteiger partial charge in [-0.25, -0.2) is 0 Å². The quantitative estimate of drug-likeness (QED) is 0.812. The molecular weight excluding hydrogens is 340 g/mol. The van der Waals surface area contributed by atoms with Crippen LogP contribution in [-0.4, -0.2) is 46.6 Å². The molecule has 0 spiro atoms. The molecule has 0 bridgehead atoms. The number of benzene rings is 1. The Balaban J connectivity index is 1.63. The lowest BCUT2D eigenvalue weighted by Crippen LogP contribution is -2.57. The molecule has 27 heavy (non-hydrogen) atoms. The van der Waals surface area contributed by atoms with Gasteiger partial charge in [0.2, 0.25) is 0 Å². The second-order valence-corrected chi connectivity index (χ2v) is 8.01. The number of likely N-dealkylation sites (N-methyl/N-ethyl adjacent to an activating group) is 1. The molecule has 1 amide bonds. The molecule has 1 fully saturated rings. The first-order valence-electron chi connectivity index (χ1n) is 9.69. The summed E-state index contributed by atoms with van der Waals surface area (Å²) in [5, 5.41) is 11.0. The maximum absolute atomic E-state index is 13.0. The second-order valence-electron chi connectivity index (χ2n) is 8.01. The van der Waals surface area contributed by atoms with Gasteiger partial charge in [0, 0.05) is 19.6 Å². The molecule has 0 saturated carbocycles. The fourth-order valence-electron chi connectivity index (χ4n) is 3.76. The van der Waals surface area contributed by atoms with E-state index in [2.05, 4.69) is 38.1 Å². The summed E-state index contributed by atoms with van der Waals surface area (Å²) in [7, 11) is 1.90. The third-order valence-corrected chi connectivity index (χ3v) is 5.26. The largest absolute Gasteiger partial charge is 0.468 e. The molecule has 0 radical (unpaired) electrons. The van der Waals surface area contributed by atoms with Gasteiger partial charge in [0.05, 0.1) is 12.8 Å². The number of carbonyl (C=O) groups excluding carboxylic acids is 1. The Morgan fingerprint density at radius 1 is 1.26 bits per heavy atom. The highest BCUT2D eigenvalue weighted by atomic mass is 16.3. The lowest BCUT2D eigenvalue weighted by Gasteiger charge is -2.40. The number of hydrogen-bond acceptors (Lipinski definition) is 4. The van der Waals surface area contributed by atoms with Crippen molar-refractivity contribution in [1.82, 2.24) is 9.80 Å². The average molecular weight is 370 g/mol. The fraction of sp³-hybridized carbons (Fsp3) is 0.500. The summed E-state index contributed by atoms with van der Waals surface area (Å²) in [4.78, 5) is 16.7. The molecule has 146 valence electrons. The number of piperidine rings is 1. The van der Waals surface area contributed by atoms with E-state index >= 15 is 0 Å². The van der Waals surface area contributed by atoms with Crippen molar-refractivity contribution in [3.8, 4) is 0 Å². The zero-order chi connectivity index (χ0) is 19.4. The van der Waals surface area contributed by atoms with Crippen molar-refractivity contribution in [2.45, 2.75) is 51.3 Å². The van der Waals surface area contributed by atoms with Crippen molar-refractivity contribution in [2.75, 3.05) is 20.1 Å². The lowest BCUT2D eigenvalue weighted by molar-refractivity contribution is -0.160. The minimum atomic E-state index is -1.34. The topological polar surface area (TPSA) is 56.9 Å². The Bertz CT molecular complexity index is 739. The van der Waals surface area contributed by atoms with Gasteiger partial charge in [-0.1, -0.05) is 38.1 Å². The van der Waals surface area contributed by atoms with Crippen LogP contribution in [0, 0.1) is 0 Å². The van der Waals surface area contributed by atoms with E-state index in [4.69, 9.17) is 4.42 Å². The zero-order valence-corrected chi connectivity index (χ0v) is 16.5. The normalized spacial score (nSPS) is 20.7. The molecule has 1 saturated heterocycles. The first-order chi connectivity index (χ1) is 12.9. The number of aliphatic hydroxyl groups is 1. The number of hydrogen-bond donors (Lipinski definition) is 1. The van der Waals surface area contributed by atoms with E-state index in [0.29, 0.717) is 38.5 Å². The van der Waals surface area contributed by atoms with Crippen LogP contribution >= 0.6 is 0 Å². The van der Waals surface area contributed by atoms with Crippen LogP contribution in [0.1, 0.15) is 49.5 Å². The standard InChI is InChI=1S/C22H30N2O3/c1-17(2)19-9-7-18(8-10-19)14-24-12-5-11-22(26,21(24)25)16-23(3)15-20-6-4-13-27-20/h4,6-10,13,17,26H,5,11-12,14-16H2,1-3H3/t22-/m0/s1. The molecule has 2 heterocycles. The first-order valence-corrected chi connectivity index (χ1v) is 9.69. The van der Waals surface area contributed by atoms with Gasteiger partial charge in [0.15, 0.2) is 5.60 Å². The molecule has 1 N–H and O–H groups in total. The predicted molar refractivity (Wildman–Crippen MR) is 105 cm³/mol. The SMILES string of the molecule is CC(C)c1ccc(CN2CCC[C@](O)(CN(C)Cc3ccco3)C2=O)cc1. The molecule has 5 heteroatoms. The molecule has 0 unspecified atom stereocenters. The highest BCUT2D eigenvalue weighted by molar-refractivity contribution is 5.86. The van der Waals surface area contributed by atoms with Gasteiger partial charge in [-0.15, -0.1) is 0 Å². The van der Waals surface area contributed by atoms with E-state index in [0.717, 1.165) is 17.7 Å². The molecule has 1 aromatic carbocycles. The molecule has 1 aliphatic rings. The highest BCUT2D eigenvalue weighted by Gasteiger charge is 2.42. The number of amides is 1. The molecule has 1 aliphatic heterocycles. The smallest absolute Gasteiger partial charge is 0.256 e. The van der Waals surface area contributed by atoms with Crippen molar-refractivity contribution in [3.05, 3.63) is 59.5 Å². The fourth-order valence-corrected chi connectivity index (χ4v) is 3.76. The molecule has 1 aromatic heterocycles. The van der Waals surface area contributed by atoms with Crippen LogP contribution in [-0.2, 0) is 17.9 Å². The Morgan fingerprint density at radius 3 is 2.63 bits per heavy atom. The van der Waals surface area contributed by atoms with Crippen LogP contribution in [0.25, 0.3) is 0 Å². The minimum Gasteiger partial charge on any atom is -0.468 e.